The zero-order valence-corrected chi connectivity index (χ0v) is 14.9. The van der Waals surface area contributed by atoms with Gasteiger partial charge in [-0.2, -0.15) is 0 Å². The topological polar surface area (TPSA) is 34.1 Å². The monoisotopic (exact) mass is 336 g/mol. The summed E-state index contributed by atoms with van der Waals surface area (Å²) < 4.78 is 25.7. The number of allylic oxidation sites excluding steroid dienone is 2. The number of benzene rings is 1. The van der Waals surface area contributed by atoms with Crippen LogP contribution in [0.4, 0.5) is 0 Å². The van der Waals surface area contributed by atoms with Crippen LogP contribution in [-0.4, -0.2) is 19.4 Å². The third kappa shape index (κ3) is 3.66. The third-order valence-electron chi connectivity index (χ3n) is 4.29. The van der Waals surface area contributed by atoms with Gasteiger partial charge in [0.05, 0.1) is 9.64 Å². The summed E-state index contributed by atoms with van der Waals surface area (Å²) in [4.78, 5) is 0.443. The highest BCUT2D eigenvalue weighted by atomic mass is 32.2. The van der Waals surface area contributed by atoms with Crippen LogP contribution in [0.5, 0.6) is 0 Å². The number of aryl methyl sites for hydroxylation is 1. The van der Waals surface area contributed by atoms with Gasteiger partial charge in [0, 0.05) is 0 Å². The van der Waals surface area contributed by atoms with Crippen molar-refractivity contribution in [2.45, 2.75) is 48.7 Å². The van der Waals surface area contributed by atoms with Crippen LogP contribution in [0.2, 0.25) is 0 Å². The lowest BCUT2D eigenvalue weighted by molar-refractivity contribution is 0.423. The van der Waals surface area contributed by atoms with Crippen molar-refractivity contribution < 1.29 is 8.42 Å². The second-order valence-corrected chi connectivity index (χ2v) is 8.90. The second-order valence-electron chi connectivity index (χ2n) is 5.87. The SMILES string of the molecule is CSC=CC=CC1(S(=O)(=O)c2ccc(C)cc2)CCCCC1. The summed E-state index contributed by atoms with van der Waals surface area (Å²) in [6.45, 7) is 1.97. The Balaban J connectivity index is 2.41. The Morgan fingerprint density at radius 2 is 1.68 bits per heavy atom. The Morgan fingerprint density at radius 1 is 1.05 bits per heavy atom. The normalized spacial score (nSPS) is 19.0. The Morgan fingerprint density at radius 3 is 2.27 bits per heavy atom. The Bertz CT molecular complexity index is 634. The van der Waals surface area contributed by atoms with E-state index in [2.05, 4.69) is 0 Å². The Hall–Kier alpha value is -1.00. The zero-order chi connectivity index (χ0) is 16.1. The lowest BCUT2D eigenvalue weighted by Gasteiger charge is -2.34. The van der Waals surface area contributed by atoms with Crippen molar-refractivity contribution in [3.63, 3.8) is 0 Å². The summed E-state index contributed by atoms with van der Waals surface area (Å²) in [6.07, 6.45) is 12.2. The smallest absolute Gasteiger partial charge is 0.187 e. The molecule has 0 saturated heterocycles. The highest BCUT2D eigenvalue weighted by Crippen LogP contribution is 2.40. The van der Waals surface area contributed by atoms with Crippen LogP contribution in [0.15, 0.2) is 52.8 Å². The van der Waals surface area contributed by atoms with Crippen molar-refractivity contribution in [1.29, 1.82) is 0 Å². The van der Waals surface area contributed by atoms with Crippen molar-refractivity contribution >= 4 is 21.6 Å². The van der Waals surface area contributed by atoms with Crippen LogP contribution in [0.3, 0.4) is 0 Å². The maximum absolute atomic E-state index is 13.2. The highest BCUT2D eigenvalue weighted by Gasteiger charge is 2.43. The zero-order valence-electron chi connectivity index (χ0n) is 13.3. The van der Waals surface area contributed by atoms with E-state index in [1.807, 2.05) is 48.9 Å². The number of rotatable bonds is 5. The first kappa shape index (κ1) is 17.4. The Labute approximate surface area is 138 Å². The van der Waals surface area contributed by atoms with Crippen LogP contribution in [0.1, 0.15) is 37.7 Å². The summed E-state index contributed by atoms with van der Waals surface area (Å²) in [5, 5.41) is 1.96. The van der Waals surface area contributed by atoms with Crippen molar-refractivity contribution in [2.75, 3.05) is 6.26 Å². The van der Waals surface area contributed by atoms with Gasteiger partial charge in [-0.3, -0.25) is 0 Å². The van der Waals surface area contributed by atoms with Gasteiger partial charge in [0.2, 0.25) is 0 Å². The summed E-state index contributed by atoms with van der Waals surface area (Å²) in [5.41, 5.74) is 1.08. The van der Waals surface area contributed by atoms with E-state index in [0.29, 0.717) is 17.7 Å². The fourth-order valence-corrected chi connectivity index (χ4v) is 5.28. The van der Waals surface area contributed by atoms with Gasteiger partial charge in [0.15, 0.2) is 9.84 Å². The first-order valence-corrected chi connectivity index (χ1v) is 10.5. The fraction of sp³-hybridized carbons (Fsp3) is 0.444. The quantitative estimate of drug-likeness (QED) is 0.717. The molecule has 0 unspecified atom stereocenters. The summed E-state index contributed by atoms with van der Waals surface area (Å²) in [6, 6.07) is 7.24. The molecule has 1 aliphatic carbocycles. The summed E-state index contributed by atoms with van der Waals surface area (Å²) in [7, 11) is -3.36. The molecule has 0 heterocycles. The molecule has 0 atom stereocenters. The fourth-order valence-electron chi connectivity index (χ4n) is 2.98. The molecule has 0 spiro atoms. The number of sulfone groups is 1. The minimum absolute atomic E-state index is 0.443. The van der Waals surface area contributed by atoms with Gasteiger partial charge in [-0.05, 0) is 43.6 Å². The van der Waals surface area contributed by atoms with E-state index < -0.39 is 14.6 Å². The molecule has 1 aromatic rings. The minimum Gasteiger partial charge on any atom is -0.223 e. The number of hydrogen-bond donors (Lipinski definition) is 0. The molecule has 1 saturated carbocycles. The molecule has 1 fully saturated rings. The Kier molecular flexibility index (Phi) is 5.93. The van der Waals surface area contributed by atoms with E-state index in [9.17, 15) is 8.42 Å². The van der Waals surface area contributed by atoms with E-state index in [1.54, 1.807) is 23.9 Å². The van der Waals surface area contributed by atoms with Crippen molar-refractivity contribution in [2.24, 2.45) is 0 Å². The van der Waals surface area contributed by atoms with E-state index in [1.165, 1.54) is 0 Å². The molecule has 0 aromatic heterocycles. The molecule has 1 aromatic carbocycles. The molecule has 4 heteroatoms. The molecule has 1 aliphatic rings. The maximum Gasteiger partial charge on any atom is 0.187 e. The van der Waals surface area contributed by atoms with Crippen LogP contribution in [0, 0.1) is 6.92 Å². The predicted octanol–water partition coefficient (Wildman–Crippen LogP) is 4.90. The number of thioether (sulfide) groups is 1. The molecule has 22 heavy (non-hydrogen) atoms. The van der Waals surface area contributed by atoms with Gasteiger partial charge in [-0.1, -0.05) is 55.2 Å². The van der Waals surface area contributed by atoms with Crippen molar-refractivity contribution in [3.8, 4) is 0 Å². The molecule has 0 radical (unpaired) electrons. The molecular formula is C18H24O2S2. The minimum atomic E-state index is -3.36. The van der Waals surface area contributed by atoms with Gasteiger partial charge >= 0.3 is 0 Å². The van der Waals surface area contributed by atoms with E-state index >= 15 is 0 Å². The van der Waals surface area contributed by atoms with Gasteiger partial charge in [-0.25, -0.2) is 8.42 Å². The summed E-state index contributed by atoms with van der Waals surface area (Å²) in [5.74, 6) is 0. The van der Waals surface area contributed by atoms with Crippen molar-refractivity contribution in [3.05, 3.63) is 53.5 Å². The molecule has 0 bridgehead atoms. The summed E-state index contributed by atoms with van der Waals surface area (Å²) >= 11 is 1.61. The molecular weight excluding hydrogens is 312 g/mol. The van der Waals surface area contributed by atoms with Crippen LogP contribution in [-0.2, 0) is 9.84 Å². The lowest BCUT2D eigenvalue weighted by atomic mass is 9.88. The molecule has 2 rings (SSSR count). The lowest BCUT2D eigenvalue weighted by Crippen LogP contribution is -2.38. The van der Waals surface area contributed by atoms with Crippen LogP contribution >= 0.6 is 11.8 Å². The molecule has 120 valence electrons. The van der Waals surface area contributed by atoms with E-state index in [0.717, 1.165) is 24.8 Å². The maximum atomic E-state index is 13.2. The van der Waals surface area contributed by atoms with Gasteiger partial charge in [0.1, 0.15) is 0 Å². The van der Waals surface area contributed by atoms with Crippen LogP contribution < -0.4 is 0 Å². The number of hydrogen-bond acceptors (Lipinski definition) is 3. The van der Waals surface area contributed by atoms with E-state index in [4.69, 9.17) is 0 Å². The first-order chi connectivity index (χ1) is 10.5. The molecule has 0 aliphatic heterocycles. The molecule has 0 N–H and O–H groups in total. The van der Waals surface area contributed by atoms with E-state index in [-0.39, 0.29) is 0 Å². The predicted molar refractivity (Wildman–Crippen MR) is 96.0 cm³/mol. The largest absolute Gasteiger partial charge is 0.223 e. The molecule has 0 amide bonds. The van der Waals surface area contributed by atoms with Gasteiger partial charge in [-0.15, -0.1) is 11.8 Å². The standard InChI is InChI=1S/C18H24O2S2/c1-16-8-10-17(11-9-16)22(19,20)18(12-4-3-5-13-18)14-6-7-15-21-2/h6-11,14-15H,3-5,12-13H2,1-2H3. The second kappa shape index (κ2) is 7.51. The van der Waals surface area contributed by atoms with Crippen molar-refractivity contribution in [1.82, 2.24) is 0 Å². The van der Waals surface area contributed by atoms with Crippen LogP contribution in [0.25, 0.3) is 0 Å². The molecule has 2 nitrogen and oxygen atoms in total. The van der Waals surface area contributed by atoms with Gasteiger partial charge in [0.25, 0.3) is 0 Å². The third-order valence-corrected chi connectivity index (χ3v) is 7.23. The average Bonchev–Trinajstić information content (AvgIpc) is 2.53. The first-order valence-electron chi connectivity index (χ1n) is 7.70. The highest BCUT2D eigenvalue weighted by molar-refractivity contribution is 8.01. The average molecular weight is 337 g/mol. The van der Waals surface area contributed by atoms with Gasteiger partial charge < -0.3 is 0 Å².